The quantitative estimate of drug-likeness (QED) is 0.736. The predicted octanol–water partition coefficient (Wildman–Crippen LogP) is 4.70. The van der Waals surface area contributed by atoms with Crippen molar-refractivity contribution < 1.29 is 0 Å². The molecule has 0 saturated heterocycles. The number of hydrogen-bond acceptors (Lipinski definition) is 3. The molecule has 3 rings (SSSR count). The number of rotatable bonds is 3. The maximum absolute atomic E-state index is 6.33. The van der Waals surface area contributed by atoms with Crippen molar-refractivity contribution in [3.63, 3.8) is 0 Å². The number of halogens is 1. The highest BCUT2D eigenvalue weighted by Crippen LogP contribution is 2.34. The Morgan fingerprint density at radius 3 is 2.76 bits per heavy atom. The molecule has 0 radical (unpaired) electrons. The average Bonchev–Trinajstić information content (AvgIpc) is 2.82. The zero-order valence-corrected chi connectivity index (χ0v) is 13.4. The number of nitrogens with zero attached hydrogens (tertiary/aromatic N) is 1. The second kappa shape index (κ2) is 5.72. The zero-order valence-electron chi connectivity index (χ0n) is 11.9. The van der Waals surface area contributed by atoms with E-state index in [1.54, 1.807) is 0 Å². The molecule has 0 bridgehead atoms. The molecule has 2 aromatic carbocycles. The number of fused-ring (bicyclic) bond motifs is 1. The van der Waals surface area contributed by atoms with Gasteiger partial charge in [0.1, 0.15) is 0 Å². The van der Waals surface area contributed by atoms with E-state index >= 15 is 0 Å². The first-order chi connectivity index (χ1) is 10.0. The molecule has 1 atom stereocenters. The van der Waals surface area contributed by atoms with Crippen LogP contribution in [0.15, 0.2) is 46.5 Å². The summed E-state index contributed by atoms with van der Waals surface area (Å²) in [6.45, 7) is 4.01. The van der Waals surface area contributed by atoms with Crippen LogP contribution in [0.5, 0.6) is 0 Å². The van der Waals surface area contributed by atoms with Crippen molar-refractivity contribution in [3.8, 4) is 0 Å². The minimum Gasteiger partial charge on any atom is -0.333 e. The Kier molecular flexibility index (Phi) is 3.93. The minimum atomic E-state index is -0.0178. The van der Waals surface area contributed by atoms with Crippen molar-refractivity contribution in [3.05, 3.63) is 52.5 Å². The molecule has 0 unspecified atom stereocenters. The number of nitrogens with one attached hydrogen (secondary N) is 1. The van der Waals surface area contributed by atoms with Gasteiger partial charge in [-0.1, -0.05) is 35.5 Å². The fourth-order valence-electron chi connectivity index (χ4n) is 2.14. The molecule has 0 aliphatic rings. The van der Waals surface area contributed by atoms with Crippen molar-refractivity contribution in [1.29, 1.82) is 0 Å². The molecule has 108 valence electrons. The van der Waals surface area contributed by atoms with E-state index in [-0.39, 0.29) is 6.04 Å². The molecular weight excluding hydrogens is 302 g/mol. The highest BCUT2D eigenvalue weighted by Gasteiger charge is 2.09. The molecule has 0 aliphatic carbocycles. The molecule has 0 spiro atoms. The normalized spacial score (nSPS) is 12.8. The SMILES string of the molecule is Cc1ccc2nc(Sc3ccc([C@H](C)N)cc3Cl)[nH]c2c1. The van der Waals surface area contributed by atoms with E-state index in [4.69, 9.17) is 17.3 Å². The first kappa shape index (κ1) is 14.4. The van der Waals surface area contributed by atoms with Gasteiger partial charge in [-0.05, 0) is 49.2 Å². The zero-order chi connectivity index (χ0) is 15.0. The summed E-state index contributed by atoms with van der Waals surface area (Å²) in [6, 6.07) is 12.1. The lowest BCUT2D eigenvalue weighted by molar-refractivity contribution is 0.817. The van der Waals surface area contributed by atoms with Crippen molar-refractivity contribution in [2.24, 2.45) is 5.73 Å². The molecule has 3 N–H and O–H groups in total. The fourth-order valence-corrected chi connectivity index (χ4v) is 3.25. The number of H-pyrrole nitrogens is 1. The van der Waals surface area contributed by atoms with Gasteiger partial charge in [-0.2, -0.15) is 0 Å². The monoisotopic (exact) mass is 317 g/mol. The van der Waals surface area contributed by atoms with Crippen LogP contribution in [0.2, 0.25) is 5.02 Å². The van der Waals surface area contributed by atoms with E-state index in [1.165, 1.54) is 17.3 Å². The van der Waals surface area contributed by atoms with E-state index in [9.17, 15) is 0 Å². The van der Waals surface area contributed by atoms with Gasteiger partial charge in [-0.15, -0.1) is 0 Å². The smallest absolute Gasteiger partial charge is 0.171 e. The van der Waals surface area contributed by atoms with Gasteiger partial charge in [0, 0.05) is 10.9 Å². The Labute approximate surface area is 132 Å². The third kappa shape index (κ3) is 3.07. The highest BCUT2D eigenvalue weighted by molar-refractivity contribution is 7.99. The van der Waals surface area contributed by atoms with Crippen LogP contribution >= 0.6 is 23.4 Å². The lowest BCUT2D eigenvalue weighted by Gasteiger charge is -2.08. The van der Waals surface area contributed by atoms with E-state index in [0.717, 1.165) is 26.6 Å². The van der Waals surface area contributed by atoms with Crippen LogP contribution in [-0.4, -0.2) is 9.97 Å². The summed E-state index contributed by atoms with van der Waals surface area (Å²) in [4.78, 5) is 8.86. The number of imidazole rings is 1. The van der Waals surface area contributed by atoms with Crippen LogP contribution in [0, 0.1) is 6.92 Å². The Balaban J connectivity index is 1.91. The van der Waals surface area contributed by atoms with Gasteiger partial charge in [0.2, 0.25) is 0 Å². The number of aryl methyl sites for hydroxylation is 1. The summed E-state index contributed by atoms with van der Waals surface area (Å²) in [7, 11) is 0. The van der Waals surface area contributed by atoms with Crippen LogP contribution in [0.3, 0.4) is 0 Å². The molecule has 3 aromatic rings. The third-order valence-electron chi connectivity index (χ3n) is 3.30. The van der Waals surface area contributed by atoms with Gasteiger partial charge in [0.15, 0.2) is 5.16 Å². The lowest BCUT2D eigenvalue weighted by Crippen LogP contribution is -2.04. The number of aromatic amines is 1. The Bertz CT molecular complexity index is 795. The molecular formula is C16H16ClN3S. The van der Waals surface area contributed by atoms with Crippen molar-refractivity contribution in [2.45, 2.75) is 29.9 Å². The maximum Gasteiger partial charge on any atom is 0.171 e. The fraction of sp³-hybridized carbons (Fsp3) is 0.188. The van der Waals surface area contributed by atoms with Gasteiger partial charge in [0.05, 0.1) is 16.1 Å². The molecule has 5 heteroatoms. The van der Waals surface area contributed by atoms with Gasteiger partial charge in [-0.3, -0.25) is 0 Å². The predicted molar refractivity (Wildman–Crippen MR) is 89.0 cm³/mol. The molecule has 1 aromatic heterocycles. The van der Waals surface area contributed by atoms with Crippen molar-refractivity contribution in [1.82, 2.24) is 9.97 Å². The van der Waals surface area contributed by atoms with E-state index in [1.807, 2.05) is 31.2 Å². The lowest BCUT2D eigenvalue weighted by atomic mass is 10.1. The minimum absolute atomic E-state index is 0.0178. The molecule has 0 amide bonds. The molecule has 0 fully saturated rings. The molecule has 0 saturated carbocycles. The Hall–Kier alpha value is -1.49. The van der Waals surface area contributed by atoms with Gasteiger partial charge >= 0.3 is 0 Å². The second-order valence-electron chi connectivity index (χ2n) is 5.14. The topological polar surface area (TPSA) is 54.7 Å². The van der Waals surface area contributed by atoms with Crippen LogP contribution < -0.4 is 5.73 Å². The summed E-state index contributed by atoms with van der Waals surface area (Å²) in [5.74, 6) is 0. The molecule has 21 heavy (non-hydrogen) atoms. The summed E-state index contributed by atoms with van der Waals surface area (Å²) >= 11 is 7.86. The molecule has 3 nitrogen and oxygen atoms in total. The van der Waals surface area contributed by atoms with Crippen LogP contribution in [0.1, 0.15) is 24.1 Å². The first-order valence-electron chi connectivity index (χ1n) is 6.72. The van der Waals surface area contributed by atoms with Crippen LogP contribution in [-0.2, 0) is 0 Å². The number of aromatic nitrogens is 2. The Morgan fingerprint density at radius 1 is 1.24 bits per heavy atom. The summed E-state index contributed by atoms with van der Waals surface area (Å²) in [5, 5.41) is 1.54. The second-order valence-corrected chi connectivity index (χ2v) is 6.58. The van der Waals surface area contributed by atoms with Gasteiger partial charge in [-0.25, -0.2) is 4.98 Å². The third-order valence-corrected chi connectivity index (χ3v) is 4.69. The summed E-state index contributed by atoms with van der Waals surface area (Å²) in [5.41, 5.74) is 10.1. The van der Waals surface area contributed by atoms with E-state index < -0.39 is 0 Å². The maximum atomic E-state index is 6.33. The first-order valence-corrected chi connectivity index (χ1v) is 7.91. The molecule has 1 heterocycles. The van der Waals surface area contributed by atoms with Crippen LogP contribution in [0.4, 0.5) is 0 Å². The average molecular weight is 318 g/mol. The highest BCUT2D eigenvalue weighted by atomic mass is 35.5. The number of benzene rings is 2. The van der Waals surface area contributed by atoms with Gasteiger partial charge < -0.3 is 10.7 Å². The summed E-state index contributed by atoms with van der Waals surface area (Å²) < 4.78 is 0. The number of hydrogen-bond donors (Lipinski definition) is 2. The Morgan fingerprint density at radius 2 is 2.05 bits per heavy atom. The van der Waals surface area contributed by atoms with Crippen LogP contribution in [0.25, 0.3) is 11.0 Å². The largest absolute Gasteiger partial charge is 0.333 e. The standard InChI is InChI=1S/C16H16ClN3S/c1-9-3-5-13-14(7-9)20-16(19-13)21-15-6-4-11(10(2)18)8-12(15)17/h3-8,10H,18H2,1-2H3,(H,19,20)/t10-/m0/s1. The molecule has 0 aliphatic heterocycles. The van der Waals surface area contributed by atoms with Crippen molar-refractivity contribution in [2.75, 3.05) is 0 Å². The van der Waals surface area contributed by atoms with Crippen molar-refractivity contribution >= 4 is 34.4 Å². The van der Waals surface area contributed by atoms with Gasteiger partial charge in [0.25, 0.3) is 0 Å². The number of nitrogens with two attached hydrogens (primary N) is 1. The van der Waals surface area contributed by atoms with E-state index in [2.05, 4.69) is 29.0 Å². The van der Waals surface area contributed by atoms with E-state index in [0.29, 0.717) is 5.02 Å². The summed E-state index contributed by atoms with van der Waals surface area (Å²) in [6.07, 6.45) is 0.